The number of ether oxygens (including phenoxy) is 1. The van der Waals surface area contributed by atoms with E-state index in [2.05, 4.69) is 9.98 Å². The van der Waals surface area contributed by atoms with Gasteiger partial charge in [-0.05, 0) is 48.4 Å². The van der Waals surface area contributed by atoms with E-state index in [1.54, 1.807) is 24.4 Å². The zero-order chi connectivity index (χ0) is 19.5. The van der Waals surface area contributed by atoms with Crippen LogP contribution in [0.1, 0.15) is 37.7 Å². The third-order valence-corrected chi connectivity index (χ3v) is 6.54. The maximum atomic E-state index is 13.2. The van der Waals surface area contributed by atoms with Gasteiger partial charge in [-0.2, -0.15) is 4.99 Å². The summed E-state index contributed by atoms with van der Waals surface area (Å²) in [5, 5.41) is 13.0. The van der Waals surface area contributed by atoms with E-state index in [-0.39, 0.29) is 17.7 Å². The van der Waals surface area contributed by atoms with Gasteiger partial charge in [0.25, 0.3) is 5.91 Å². The SMILES string of the molecule is COc1cc(/C=C2\S/C(=N/c3nccs3)N(C3CCCCC3)C2=O)ccc1O. The Kier molecular flexibility index (Phi) is 5.68. The Morgan fingerprint density at radius 2 is 2.14 bits per heavy atom. The van der Waals surface area contributed by atoms with E-state index in [9.17, 15) is 9.90 Å². The molecular weight excluding hydrogens is 394 g/mol. The monoisotopic (exact) mass is 415 g/mol. The number of hydrogen-bond acceptors (Lipinski definition) is 7. The molecule has 6 nitrogen and oxygen atoms in total. The lowest BCUT2D eigenvalue weighted by Gasteiger charge is -2.30. The number of amides is 1. The third kappa shape index (κ3) is 3.93. The van der Waals surface area contributed by atoms with Crippen molar-refractivity contribution in [1.29, 1.82) is 0 Å². The van der Waals surface area contributed by atoms with Crippen molar-refractivity contribution in [1.82, 2.24) is 9.88 Å². The minimum Gasteiger partial charge on any atom is -0.504 e. The van der Waals surface area contributed by atoms with E-state index < -0.39 is 0 Å². The number of carbonyl (C=O) groups is 1. The molecule has 0 atom stereocenters. The van der Waals surface area contributed by atoms with Crippen molar-refractivity contribution >= 4 is 45.4 Å². The number of thiazole rings is 1. The average molecular weight is 416 g/mol. The molecule has 0 bridgehead atoms. The molecule has 1 aromatic carbocycles. The van der Waals surface area contributed by atoms with Gasteiger partial charge in [0, 0.05) is 17.6 Å². The van der Waals surface area contributed by atoms with Gasteiger partial charge in [-0.1, -0.05) is 25.3 Å². The maximum absolute atomic E-state index is 13.2. The molecule has 0 radical (unpaired) electrons. The van der Waals surface area contributed by atoms with Crippen LogP contribution in [0.15, 0.2) is 39.7 Å². The Bertz CT molecular complexity index is 919. The highest BCUT2D eigenvalue weighted by atomic mass is 32.2. The molecule has 1 aromatic heterocycles. The zero-order valence-corrected chi connectivity index (χ0v) is 17.1. The van der Waals surface area contributed by atoms with E-state index >= 15 is 0 Å². The van der Waals surface area contributed by atoms with Crippen LogP contribution in [-0.2, 0) is 4.79 Å². The summed E-state index contributed by atoms with van der Waals surface area (Å²) >= 11 is 2.84. The Balaban J connectivity index is 1.68. The van der Waals surface area contributed by atoms with Gasteiger partial charge in [0.15, 0.2) is 16.7 Å². The molecule has 0 spiro atoms. The van der Waals surface area contributed by atoms with Gasteiger partial charge in [0.1, 0.15) is 0 Å². The summed E-state index contributed by atoms with van der Waals surface area (Å²) in [4.78, 5) is 24.6. The predicted molar refractivity (Wildman–Crippen MR) is 113 cm³/mol. The van der Waals surface area contributed by atoms with Crippen LogP contribution < -0.4 is 4.74 Å². The van der Waals surface area contributed by atoms with E-state index in [0.29, 0.717) is 21.0 Å². The summed E-state index contributed by atoms with van der Waals surface area (Å²) in [6.07, 6.45) is 9.05. The van der Waals surface area contributed by atoms with Crippen LogP contribution in [0.25, 0.3) is 6.08 Å². The normalized spacial score (nSPS) is 21.0. The van der Waals surface area contributed by atoms with Crippen molar-refractivity contribution < 1.29 is 14.6 Å². The first-order chi connectivity index (χ1) is 13.7. The average Bonchev–Trinajstić information content (AvgIpc) is 3.32. The molecule has 1 saturated carbocycles. The topological polar surface area (TPSA) is 75.0 Å². The maximum Gasteiger partial charge on any atom is 0.267 e. The van der Waals surface area contributed by atoms with Crippen molar-refractivity contribution in [3.63, 3.8) is 0 Å². The molecule has 1 aliphatic carbocycles. The number of methoxy groups -OCH3 is 1. The van der Waals surface area contributed by atoms with Gasteiger partial charge >= 0.3 is 0 Å². The van der Waals surface area contributed by atoms with E-state index in [4.69, 9.17) is 4.74 Å². The van der Waals surface area contributed by atoms with E-state index in [1.807, 2.05) is 16.4 Å². The number of nitrogens with zero attached hydrogens (tertiary/aromatic N) is 3. The Morgan fingerprint density at radius 3 is 2.86 bits per heavy atom. The number of phenols is 1. The number of carbonyl (C=O) groups excluding carboxylic acids is 1. The number of aromatic nitrogens is 1. The molecule has 1 aliphatic heterocycles. The Labute approximate surface area is 172 Å². The summed E-state index contributed by atoms with van der Waals surface area (Å²) in [5.74, 6) is 0.440. The minimum absolute atomic E-state index is 0.0146. The van der Waals surface area contributed by atoms with Crippen LogP contribution in [0, 0.1) is 0 Å². The van der Waals surface area contributed by atoms with Gasteiger partial charge in [0.05, 0.1) is 12.0 Å². The predicted octanol–water partition coefficient (Wildman–Crippen LogP) is 4.79. The van der Waals surface area contributed by atoms with Crippen LogP contribution in [0.2, 0.25) is 0 Å². The molecule has 2 aliphatic rings. The van der Waals surface area contributed by atoms with Crippen LogP contribution in [-0.4, -0.2) is 39.2 Å². The number of phenolic OH excluding ortho intramolecular Hbond substituents is 1. The summed E-state index contributed by atoms with van der Waals surface area (Å²) in [6, 6.07) is 5.24. The largest absolute Gasteiger partial charge is 0.504 e. The van der Waals surface area contributed by atoms with Gasteiger partial charge in [-0.25, -0.2) is 4.98 Å². The second-order valence-corrected chi connectivity index (χ2v) is 8.60. The Morgan fingerprint density at radius 1 is 1.32 bits per heavy atom. The highest BCUT2D eigenvalue weighted by Gasteiger charge is 2.38. The molecule has 1 saturated heterocycles. The van der Waals surface area contributed by atoms with E-state index in [0.717, 1.165) is 31.2 Å². The number of aromatic hydroxyl groups is 1. The lowest BCUT2D eigenvalue weighted by molar-refractivity contribution is -0.124. The molecule has 2 heterocycles. The number of aliphatic imine (C=N–C) groups is 1. The third-order valence-electron chi connectivity index (χ3n) is 4.89. The summed E-state index contributed by atoms with van der Waals surface area (Å²) in [5.41, 5.74) is 0.796. The first-order valence-electron chi connectivity index (χ1n) is 9.24. The lowest BCUT2D eigenvalue weighted by Crippen LogP contribution is -2.40. The molecule has 28 heavy (non-hydrogen) atoms. The number of thioether (sulfide) groups is 1. The van der Waals surface area contributed by atoms with Crippen molar-refractivity contribution in [2.75, 3.05) is 7.11 Å². The second kappa shape index (κ2) is 8.36. The molecule has 0 unspecified atom stereocenters. The van der Waals surface area contributed by atoms with Crippen LogP contribution in [0.3, 0.4) is 0 Å². The van der Waals surface area contributed by atoms with Gasteiger partial charge < -0.3 is 9.84 Å². The number of amidine groups is 1. The fourth-order valence-corrected chi connectivity index (χ4v) is 5.12. The Hall–Kier alpha value is -2.32. The molecular formula is C20H21N3O3S2. The van der Waals surface area contributed by atoms with Crippen molar-refractivity contribution in [3.05, 3.63) is 40.2 Å². The van der Waals surface area contributed by atoms with Crippen LogP contribution in [0.4, 0.5) is 5.13 Å². The van der Waals surface area contributed by atoms with Crippen molar-refractivity contribution in [2.45, 2.75) is 38.1 Å². The smallest absolute Gasteiger partial charge is 0.267 e. The van der Waals surface area contributed by atoms with E-state index in [1.165, 1.54) is 36.6 Å². The highest BCUT2D eigenvalue weighted by molar-refractivity contribution is 8.18. The molecule has 2 fully saturated rings. The number of benzene rings is 1. The first-order valence-corrected chi connectivity index (χ1v) is 10.9. The lowest BCUT2D eigenvalue weighted by atomic mass is 9.94. The molecule has 1 N–H and O–H groups in total. The minimum atomic E-state index is -0.0146. The summed E-state index contributed by atoms with van der Waals surface area (Å²) in [7, 11) is 1.51. The van der Waals surface area contributed by atoms with Gasteiger partial charge in [0.2, 0.25) is 5.13 Å². The zero-order valence-electron chi connectivity index (χ0n) is 15.5. The molecule has 2 aromatic rings. The summed E-state index contributed by atoms with van der Waals surface area (Å²) < 4.78 is 5.17. The van der Waals surface area contributed by atoms with Crippen molar-refractivity contribution in [2.24, 2.45) is 4.99 Å². The quantitative estimate of drug-likeness (QED) is 0.727. The van der Waals surface area contributed by atoms with Gasteiger partial charge in [-0.15, -0.1) is 11.3 Å². The molecule has 8 heteroatoms. The van der Waals surface area contributed by atoms with Gasteiger partial charge in [-0.3, -0.25) is 9.69 Å². The highest BCUT2D eigenvalue weighted by Crippen LogP contribution is 2.39. The fraction of sp³-hybridized carbons (Fsp3) is 0.350. The second-order valence-electron chi connectivity index (χ2n) is 6.72. The molecule has 1 amide bonds. The fourth-order valence-electron chi connectivity index (χ4n) is 3.51. The van der Waals surface area contributed by atoms with Crippen LogP contribution in [0.5, 0.6) is 11.5 Å². The molecule has 146 valence electrons. The van der Waals surface area contributed by atoms with Crippen LogP contribution >= 0.6 is 23.1 Å². The number of rotatable bonds is 4. The first kappa shape index (κ1) is 19.0. The molecule has 4 rings (SSSR count). The standard InChI is InChI=1S/C20H21N3O3S2/c1-26-16-11-13(7-8-15(16)24)12-17-18(25)23(14-5-3-2-4-6-14)20(28-17)22-19-21-9-10-27-19/h7-12,14,24H,2-6H2,1H3/b17-12-,22-20+. The summed E-state index contributed by atoms with van der Waals surface area (Å²) in [6.45, 7) is 0. The number of hydrogen-bond donors (Lipinski definition) is 1. The van der Waals surface area contributed by atoms with Crippen molar-refractivity contribution in [3.8, 4) is 11.5 Å².